The molecule has 8 nitrogen and oxygen atoms in total. The summed E-state index contributed by atoms with van der Waals surface area (Å²) in [6.07, 6.45) is 1.60. The average Bonchev–Trinajstić information content (AvgIpc) is 3.13. The van der Waals surface area contributed by atoms with Gasteiger partial charge >= 0.3 is 5.69 Å². The zero-order valence-electron chi connectivity index (χ0n) is 11.0. The van der Waals surface area contributed by atoms with E-state index in [9.17, 15) is 4.79 Å². The molecule has 0 aliphatic rings. The highest BCUT2D eigenvalue weighted by Crippen LogP contribution is 2.22. The molecule has 0 aliphatic carbocycles. The Labute approximate surface area is 117 Å². The predicted octanol–water partition coefficient (Wildman–Crippen LogP) is 0.969. The smallest absolute Gasteiger partial charge is 0.334 e. The molecule has 0 saturated heterocycles. The Morgan fingerprint density at radius 3 is 2.76 bits per heavy atom. The molecule has 0 unspecified atom stereocenters. The minimum atomic E-state index is -0.322. The lowest BCUT2D eigenvalue weighted by atomic mass is 10.2. The van der Waals surface area contributed by atoms with Gasteiger partial charge in [-0.1, -0.05) is 0 Å². The van der Waals surface area contributed by atoms with Crippen molar-refractivity contribution in [2.45, 2.75) is 0 Å². The molecule has 0 radical (unpaired) electrons. The van der Waals surface area contributed by atoms with Crippen LogP contribution in [0.15, 0.2) is 35.3 Å². The SMILES string of the molecule is COc1ccc(-c2nnc3c4cn[nH]c4[nH]c(=O)n23)cc1. The maximum Gasteiger partial charge on any atom is 0.334 e. The van der Waals surface area contributed by atoms with Gasteiger partial charge in [-0.05, 0) is 24.3 Å². The molecule has 1 aromatic carbocycles. The van der Waals surface area contributed by atoms with Crippen molar-refractivity contribution < 1.29 is 4.74 Å². The fraction of sp³-hybridized carbons (Fsp3) is 0.0769. The van der Waals surface area contributed by atoms with Crippen LogP contribution in [0.3, 0.4) is 0 Å². The van der Waals surface area contributed by atoms with Crippen LogP contribution in [0.25, 0.3) is 28.1 Å². The quantitative estimate of drug-likeness (QED) is 0.570. The second-order valence-corrected chi connectivity index (χ2v) is 4.50. The van der Waals surface area contributed by atoms with Crippen molar-refractivity contribution in [3.63, 3.8) is 0 Å². The first-order chi connectivity index (χ1) is 10.3. The molecular formula is C13H10N6O2. The van der Waals surface area contributed by atoms with Gasteiger partial charge < -0.3 is 4.74 Å². The number of nitrogens with zero attached hydrogens (tertiary/aromatic N) is 4. The van der Waals surface area contributed by atoms with E-state index in [0.717, 1.165) is 11.3 Å². The lowest BCUT2D eigenvalue weighted by Crippen LogP contribution is -2.17. The van der Waals surface area contributed by atoms with E-state index in [2.05, 4.69) is 25.4 Å². The molecule has 0 amide bonds. The van der Waals surface area contributed by atoms with E-state index in [-0.39, 0.29) is 5.69 Å². The van der Waals surface area contributed by atoms with Crippen molar-refractivity contribution >= 4 is 16.7 Å². The van der Waals surface area contributed by atoms with Gasteiger partial charge in [0.05, 0.1) is 18.7 Å². The molecule has 0 bridgehead atoms. The third-order valence-electron chi connectivity index (χ3n) is 3.33. The van der Waals surface area contributed by atoms with Gasteiger partial charge in [-0.3, -0.25) is 10.1 Å². The number of rotatable bonds is 2. The number of hydrogen-bond donors (Lipinski definition) is 2. The summed E-state index contributed by atoms with van der Waals surface area (Å²) < 4.78 is 6.55. The van der Waals surface area contributed by atoms with E-state index >= 15 is 0 Å². The van der Waals surface area contributed by atoms with Gasteiger partial charge in [-0.25, -0.2) is 9.20 Å². The molecule has 8 heteroatoms. The maximum atomic E-state index is 12.2. The Morgan fingerprint density at radius 2 is 2.00 bits per heavy atom. The molecule has 0 spiro atoms. The maximum absolute atomic E-state index is 12.2. The summed E-state index contributed by atoms with van der Waals surface area (Å²) in [6.45, 7) is 0. The van der Waals surface area contributed by atoms with Crippen LogP contribution in [0.2, 0.25) is 0 Å². The van der Waals surface area contributed by atoms with Gasteiger partial charge in [0.1, 0.15) is 11.4 Å². The van der Waals surface area contributed by atoms with E-state index < -0.39 is 0 Å². The van der Waals surface area contributed by atoms with Crippen molar-refractivity contribution in [1.82, 2.24) is 29.8 Å². The van der Waals surface area contributed by atoms with Crippen LogP contribution in [0, 0.1) is 0 Å². The largest absolute Gasteiger partial charge is 0.497 e. The molecule has 2 N–H and O–H groups in total. The Kier molecular flexibility index (Phi) is 2.31. The first kappa shape index (κ1) is 11.6. The van der Waals surface area contributed by atoms with Gasteiger partial charge in [0.25, 0.3) is 0 Å². The van der Waals surface area contributed by atoms with E-state index in [1.807, 2.05) is 12.1 Å². The highest BCUT2D eigenvalue weighted by molar-refractivity contribution is 5.88. The van der Waals surface area contributed by atoms with E-state index in [1.54, 1.807) is 25.4 Å². The van der Waals surface area contributed by atoms with Gasteiger partial charge in [-0.2, -0.15) is 5.10 Å². The molecule has 3 aromatic heterocycles. The van der Waals surface area contributed by atoms with Crippen molar-refractivity contribution in [2.24, 2.45) is 0 Å². The molecule has 4 aromatic rings. The van der Waals surface area contributed by atoms with Crippen molar-refractivity contribution in [3.05, 3.63) is 40.9 Å². The number of nitrogens with one attached hydrogen (secondary N) is 2. The van der Waals surface area contributed by atoms with E-state index in [1.165, 1.54) is 4.40 Å². The summed E-state index contributed by atoms with van der Waals surface area (Å²) in [4.78, 5) is 14.9. The molecule has 0 saturated carbocycles. The number of benzene rings is 1. The highest BCUT2D eigenvalue weighted by atomic mass is 16.5. The van der Waals surface area contributed by atoms with Crippen LogP contribution >= 0.6 is 0 Å². The van der Waals surface area contributed by atoms with Crippen LogP contribution in [0.5, 0.6) is 5.75 Å². The summed E-state index contributed by atoms with van der Waals surface area (Å²) in [7, 11) is 1.60. The number of aromatic nitrogens is 6. The Hall–Kier alpha value is -3.16. The number of hydrogen-bond acceptors (Lipinski definition) is 5. The third-order valence-corrected chi connectivity index (χ3v) is 3.33. The predicted molar refractivity (Wildman–Crippen MR) is 75.2 cm³/mol. The van der Waals surface area contributed by atoms with Crippen molar-refractivity contribution in [2.75, 3.05) is 7.11 Å². The molecule has 0 atom stereocenters. The lowest BCUT2D eigenvalue weighted by Gasteiger charge is -2.02. The average molecular weight is 282 g/mol. The zero-order valence-corrected chi connectivity index (χ0v) is 11.0. The second-order valence-electron chi connectivity index (χ2n) is 4.50. The van der Waals surface area contributed by atoms with Crippen LogP contribution in [-0.2, 0) is 0 Å². The number of methoxy groups -OCH3 is 1. The van der Waals surface area contributed by atoms with E-state index in [4.69, 9.17) is 4.74 Å². The normalized spacial score (nSPS) is 11.3. The van der Waals surface area contributed by atoms with Crippen LogP contribution < -0.4 is 10.4 Å². The van der Waals surface area contributed by atoms with Crippen LogP contribution in [0.1, 0.15) is 0 Å². The number of ether oxygens (including phenoxy) is 1. The number of fused-ring (bicyclic) bond motifs is 3. The van der Waals surface area contributed by atoms with Crippen LogP contribution in [-0.4, -0.2) is 36.9 Å². The molecular weight excluding hydrogens is 272 g/mol. The monoisotopic (exact) mass is 282 g/mol. The molecule has 3 heterocycles. The fourth-order valence-electron chi connectivity index (χ4n) is 2.29. The van der Waals surface area contributed by atoms with Crippen LogP contribution in [0.4, 0.5) is 0 Å². The third kappa shape index (κ3) is 1.62. The summed E-state index contributed by atoms with van der Waals surface area (Å²) in [5.41, 5.74) is 1.45. The first-order valence-electron chi connectivity index (χ1n) is 6.23. The fourth-order valence-corrected chi connectivity index (χ4v) is 2.29. The minimum Gasteiger partial charge on any atom is -0.497 e. The highest BCUT2D eigenvalue weighted by Gasteiger charge is 2.14. The molecule has 21 heavy (non-hydrogen) atoms. The topological polar surface area (TPSA) is 101 Å². The zero-order chi connectivity index (χ0) is 14.4. The van der Waals surface area contributed by atoms with Gasteiger partial charge in [0.15, 0.2) is 11.5 Å². The van der Waals surface area contributed by atoms with Gasteiger partial charge in [-0.15, -0.1) is 10.2 Å². The summed E-state index contributed by atoms with van der Waals surface area (Å²) in [6, 6.07) is 7.27. The Bertz CT molecular complexity index is 995. The van der Waals surface area contributed by atoms with E-state index in [0.29, 0.717) is 22.5 Å². The van der Waals surface area contributed by atoms with Crippen molar-refractivity contribution in [3.8, 4) is 17.1 Å². The second kappa shape index (κ2) is 4.17. The molecule has 0 aliphatic heterocycles. The van der Waals surface area contributed by atoms with Gasteiger partial charge in [0.2, 0.25) is 0 Å². The summed E-state index contributed by atoms with van der Waals surface area (Å²) in [5, 5.41) is 15.6. The molecule has 0 fully saturated rings. The molecule has 104 valence electrons. The lowest BCUT2D eigenvalue weighted by molar-refractivity contribution is 0.415. The van der Waals surface area contributed by atoms with Gasteiger partial charge in [0, 0.05) is 5.56 Å². The van der Waals surface area contributed by atoms with Crippen molar-refractivity contribution in [1.29, 1.82) is 0 Å². The first-order valence-corrected chi connectivity index (χ1v) is 6.23. The Balaban J connectivity index is 2.02. The molecule has 4 rings (SSSR count). The Morgan fingerprint density at radius 1 is 1.19 bits per heavy atom. The number of H-pyrrole nitrogens is 2. The standard InChI is InChI=1S/C13H10N6O2/c1-21-8-4-2-7(3-5-8)11-17-18-12-9-6-14-16-10(9)15-13(20)19(11)12/h2-6H,1H3,(H2,14,15,16,20). The number of aromatic amines is 2. The minimum absolute atomic E-state index is 0.322. The summed E-state index contributed by atoms with van der Waals surface area (Å²) in [5.74, 6) is 1.20. The summed E-state index contributed by atoms with van der Waals surface area (Å²) >= 11 is 0.